The van der Waals surface area contributed by atoms with Gasteiger partial charge in [0.2, 0.25) is 5.12 Å². The number of benzene rings is 1. The minimum atomic E-state index is -1.33. The van der Waals surface area contributed by atoms with E-state index >= 15 is 0 Å². The minimum absolute atomic E-state index is 0.151. The largest absolute Gasteiger partial charge is 0.280 e. The summed E-state index contributed by atoms with van der Waals surface area (Å²) < 4.78 is 11.5. The molecule has 0 N–H and O–H groups in total. The summed E-state index contributed by atoms with van der Waals surface area (Å²) >= 11 is 0. The fourth-order valence-electron chi connectivity index (χ4n) is 1.52. The van der Waals surface area contributed by atoms with Crippen molar-refractivity contribution >= 4 is 36.6 Å². The van der Waals surface area contributed by atoms with E-state index in [0.29, 0.717) is 10.6 Å². The van der Waals surface area contributed by atoms with Crippen LogP contribution in [0.25, 0.3) is 10.9 Å². The zero-order valence-corrected chi connectivity index (χ0v) is 9.10. The van der Waals surface area contributed by atoms with Crippen LogP contribution in [0.4, 0.5) is 0 Å². The van der Waals surface area contributed by atoms with Crippen molar-refractivity contribution < 1.29 is 9.00 Å². The summed E-state index contributed by atoms with van der Waals surface area (Å²) in [6.45, 7) is 0. The number of rotatable bonds is 0. The molecule has 0 bridgehead atoms. The predicted octanol–water partition coefficient (Wildman–Crippen LogP) is 2.14. The molecule has 2 heterocycles. The van der Waals surface area contributed by atoms with Gasteiger partial charge >= 0.3 is 0 Å². The summed E-state index contributed by atoms with van der Waals surface area (Å²) in [5, 5.41) is 1.16. The van der Waals surface area contributed by atoms with Crippen molar-refractivity contribution in [3.63, 3.8) is 0 Å². The lowest BCUT2D eigenvalue weighted by Crippen LogP contribution is -1.92. The van der Waals surface area contributed by atoms with Gasteiger partial charge in [-0.1, -0.05) is 18.2 Å². The number of pyridine rings is 1. The molecule has 0 saturated carbocycles. The molecule has 1 aliphatic rings. The maximum absolute atomic E-state index is 11.5. The topological polar surface area (TPSA) is 47.0 Å². The van der Waals surface area contributed by atoms with Crippen molar-refractivity contribution in [2.45, 2.75) is 5.03 Å². The standard InChI is InChI=1S/C10H5NO2S2/c12-10-7-5-6-3-1-2-4-8(6)11-9(7)15(13)14-10/h1-5H. The number of hydrogen-bond acceptors (Lipinski definition) is 4. The van der Waals surface area contributed by atoms with Crippen LogP contribution in [0, 0.1) is 0 Å². The zero-order valence-electron chi connectivity index (χ0n) is 7.47. The van der Waals surface area contributed by atoms with Gasteiger partial charge in [-0.2, -0.15) is 0 Å². The second-order valence-corrected chi connectivity index (χ2v) is 5.94. The Balaban J connectivity index is 2.41. The minimum Gasteiger partial charge on any atom is -0.280 e. The first-order valence-electron chi connectivity index (χ1n) is 4.30. The fraction of sp³-hybridized carbons (Fsp3) is 0. The molecule has 0 aliphatic carbocycles. The van der Waals surface area contributed by atoms with Gasteiger partial charge in [-0.15, -0.1) is 0 Å². The van der Waals surface area contributed by atoms with Crippen LogP contribution in [0.2, 0.25) is 0 Å². The van der Waals surface area contributed by atoms with Crippen molar-refractivity contribution in [2.75, 3.05) is 0 Å². The Hall–Kier alpha value is -1.20. The average molecular weight is 235 g/mol. The van der Waals surface area contributed by atoms with E-state index in [0.717, 1.165) is 21.7 Å². The molecule has 3 rings (SSSR count). The van der Waals surface area contributed by atoms with Crippen LogP contribution in [-0.2, 0) is 9.83 Å². The van der Waals surface area contributed by atoms with Crippen LogP contribution in [0.15, 0.2) is 35.4 Å². The van der Waals surface area contributed by atoms with Crippen molar-refractivity contribution in [3.05, 3.63) is 35.9 Å². The molecule has 0 spiro atoms. The Morgan fingerprint density at radius 2 is 2.07 bits per heavy atom. The van der Waals surface area contributed by atoms with Crippen LogP contribution in [0.1, 0.15) is 10.4 Å². The molecule has 15 heavy (non-hydrogen) atoms. The van der Waals surface area contributed by atoms with Crippen molar-refractivity contribution in [1.82, 2.24) is 4.98 Å². The number of para-hydroxylation sites is 1. The molecule has 0 radical (unpaired) electrons. The smallest absolute Gasteiger partial charge is 0.235 e. The molecule has 1 atom stereocenters. The highest BCUT2D eigenvalue weighted by Gasteiger charge is 2.29. The Bertz CT molecular complexity index is 557. The molecule has 1 unspecified atom stereocenters. The molecule has 1 aromatic carbocycles. The summed E-state index contributed by atoms with van der Waals surface area (Å²) in [6.07, 6.45) is 0. The van der Waals surface area contributed by atoms with Crippen molar-refractivity contribution in [1.29, 1.82) is 0 Å². The maximum atomic E-state index is 11.5. The normalized spacial score (nSPS) is 19.5. The second-order valence-electron chi connectivity index (χ2n) is 3.14. The van der Waals surface area contributed by atoms with E-state index in [1.807, 2.05) is 24.3 Å². The highest BCUT2D eigenvalue weighted by molar-refractivity contribution is 8.76. The SMILES string of the molecule is O=C1SS(=O)c2nc3ccccc3cc21. The van der Waals surface area contributed by atoms with E-state index in [1.54, 1.807) is 6.07 Å². The predicted molar refractivity (Wildman–Crippen MR) is 60.1 cm³/mol. The third-order valence-electron chi connectivity index (χ3n) is 2.22. The van der Waals surface area contributed by atoms with Gasteiger partial charge in [0.05, 0.1) is 11.1 Å². The first-order chi connectivity index (χ1) is 7.25. The molecular weight excluding hydrogens is 230 g/mol. The summed E-state index contributed by atoms with van der Waals surface area (Å²) in [4.78, 5) is 15.7. The number of carbonyl (C=O) groups is 1. The first-order valence-corrected chi connectivity index (χ1v) is 6.78. The van der Waals surface area contributed by atoms with Gasteiger partial charge in [-0.25, -0.2) is 9.19 Å². The van der Waals surface area contributed by atoms with Crippen molar-refractivity contribution in [2.24, 2.45) is 0 Å². The lowest BCUT2D eigenvalue weighted by atomic mass is 10.2. The van der Waals surface area contributed by atoms with Crippen LogP contribution in [0.5, 0.6) is 0 Å². The number of nitrogens with zero attached hydrogens (tertiary/aromatic N) is 1. The molecular formula is C10H5NO2S2. The molecule has 1 aliphatic heterocycles. The van der Waals surface area contributed by atoms with E-state index in [9.17, 15) is 9.00 Å². The van der Waals surface area contributed by atoms with E-state index in [4.69, 9.17) is 0 Å². The van der Waals surface area contributed by atoms with E-state index in [1.165, 1.54) is 0 Å². The van der Waals surface area contributed by atoms with E-state index in [-0.39, 0.29) is 5.12 Å². The molecule has 0 amide bonds. The third kappa shape index (κ3) is 1.31. The molecule has 1 aromatic heterocycles. The lowest BCUT2D eigenvalue weighted by Gasteiger charge is -1.98. The summed E-state index contributed by atoms with van der Waals surface area (Å²) in [5.74, 6) is 0. The fourth-order valence-corrected chi connectivity index (χ4v) is 3.85. The van der Waals surface area contributed by atoms with Crippen LogP contribution < -0.4 is 0 Å². The number of aromatic nitrogens is 1. The average Bonchev–Trinajstić information content (AvgIpc) is 2.52. The van der Waals surface area contributed by atoms with Crippen LogP contribution in [-0.4, -0.2) is 14.3 Å². The van der Waals surface area contributed by atoms with E-state index < -0.39 is 9.83 Å². The zero-order chi connectivity index (χ0) is 10.4. The Kier molecular flexibility index (Phi) is 1.90. The Morgan fingerprint density at radius 1 is 1.27 bits per heavy atom. The van der Waals surface area contributed by atoms with Gasteiger partial charge in [-0.05, 0) is 12.1 Å². The summed E-state index contributed by atoms with van der Waals surface area (Å²) in [6, 6.07) is 9.26. The van der Waals surface area contributed by atoms with Crippen LogP contribution >= 0.6 is 10.8 Å². The number of fused-ring (bicyclic) bond motifs is 2. The molecule has 5 heteroatoms. The first kappa shape index (κ1) is 9.06. The Labute approximate surface area is 91.8 Å². The second kappa shape index (κ2) is 3.15. The maximum Gasteiger partial charge on any atom is 0.235 e. The Morgan fingerprint density at radius 3 is 2.93 bits per heavy atom. The molecule has 0 saturated heterocycles. The van der Waals surface area contributed by atoms with Gasteiger partial charge in [0.1, 0.15) is 9.83 Å². The quantitative estimate of drug-likeness (QED) is 0.656. The third-order valence-corrected chi connectivity index (χ3v) is 4.75. The summed E-state index contributed by atoms with van der Waals surface area (Å²) in [5.41, 5.74) is 1.26. The van der Waals surface area contributed by atoms with Gasteiger partial charge in [0, 0.05) is 16.2 Å². The number of carbonyl (C=O) groups excluding carboxylic acids is 1. The van der Waals surface area contributed by atoms with Crippen LogP contribution in [0.3, 0.4) is 0 Å². The highest BCUT2D eigenvalue weighted by Crippen LogP contribution is 2.34. The molecule has 2 aromatic rings. The molecule has 3 nitrogen and oxygen atoms in total. The van der Waals surface area contributed by atoms with Crippen molar-refractivity contribution in [3.8, 4) is 0 Å². The van der Waals surface area contributed by atoms with Gasteiger partial charge in [0.25, 0.3) is 0 Å². The van der Waals surface area contributed by atoms with E-state index in [2.05, 4.69) is 4.98 Å². The number of hydrogen-bond donors (Lipinski definition) is 0. The summed E-state index contributed by atoms with van der Waals surface area (Å²) in [7, 11) is -0.497. The molecule has 74 valence electrons. The monoisotopic (exact) mass is 235 g/mol. The van der Waals surface area contributed by atoms with Gasteiger partial charge in [-0.3, -0.25) is 4.79 Å². The van der Waals surface area contributed by atoms with Gasteiger partial charge < -0.3 is 0 Å². The molecule has 0 fully saturated rings. The highest BCUT2D eigenvalue weighted by atomic mass is 33.1. The lowest BCUT2D eigenvalue weighted by molar-refractivity contribution is 0.108. The van der Waals surface area contributed by atoms with Gasteiger partial charge in [0.15, 0.2) is 5.03 Å².